The number of methoxy groups -OCH3 is 1. The minimum atomic E-state index is -0.948. The third-order valence-corrected chi connectivity index (χ3v) is 5.82. The summed E-state index contributed by atoms with van der Waals surface area (Å²) in [6.45, 7) is 1.46. The van der Waals surface area contributed by atoms with Crippen molar-refractivity contribution in [2.75, 3.05) is 13.7 Å². The fourth-order valence-corrected chi connectivity index (χ4v) is 4.00. The van der Waals surface area contributed by atoms with E-state index in [-0.39, 0.29) is 6.61 Å². The summed E-state index contributed by atoms with van der Waals surface area (Å²) < 4.78 is 29.9. The van der Waals surface area contributed by atoms with Gasteiger partial charge in [-0.25, -0.2) is 0 Å². The number of hydrogen-bond donors (Lipinski definition) is 1. The van der Waals surface area contributed by atoms with E-state index in [0.717, 1.165) is 16.7 Å². The zero-order chi connectivity index (χ0) is 23.6. The van der Waals surface area contributed by atoms with Crippen LogP contribution >= 0.6 is 0 Å². The van der Waals surface area contributed by atoms with E-state index in [4.69, 9.17) is 23.7 Å². The Morgan fingerprint density at radius 3 is 1.85 bits per heavy atom. The molecule has 1 fully saturated rings. The molecule has 1 aliphatic rings. The number of rotatable bonds is 12. The van der Waals surface area contributed by atoms with Crippen molar-refractivity contribution in [2.24, 2.45) is 0 Å². The van der Waals surface area contributed by atoms with E-state index in [1.807, 2.05) is 91.0 Å². The number of ether oxygens (including phenoxy) is 5. The SMILES string of the molecule is CO[C@@H]1O[C@H]([C@H](COCc2ccccc2)OCc2ccccc2)[C@H](OCc2ccccc2)[C@H]1O. The quantitative estimate of drug-likeness (QED) is 0.435. The fraction of sp³-hybridized carbons (Fsp3) is 0.357. The second-order valence-corrected chi connectivity index (χ2v) is 8.29. The molecule has 0 radical (unpaired) electrons. The average Bonchev–Trinajstić information content (AvgIpc) is 3.21. The molecule has 0 aliphatic carbocycles. The van der Waals surface area contributed by atoms with Crippen molar-refractivity contribution in [2.45, 2.75) is 50.5 Å². The summed E-state index contributed by atoms with van der Waals surface area (Å²) in [5.74, 6) is 0. The van der Waals surface area contributed by atoms with Crippen LogP contribution in [-0.2, 0) is 43.5 Å². The predicted octanol–water partition coefficient (Wildman–Crippen LogP) is 4.11. The molecule has 1 aliphatic heterocycles. The third-order valence-electron chi connectivity index (χ3n) is 5.82. The first-order valence-electron chi connectivity index (χ1n) is 11.5. The maximum absolute atomic E-state index is 10.9. The van der Waals surface area contributed by atoms with E-state index in [2.05, 4.69) is 0 Å². The van der Waals surface area contributed by atoms with Crippen LogP contribution in [0.25, 0.3) is 0 Å². The van der Waals surface area contributed by atoms with E-state index >= 15 is 0 Å². The molecule has 4 rings (SSSR count). The molecule has 180 valence electrons. The van der Waals surface area contributed by atoms with Gasteiger partial charge < -0.3 is 28.8 Å². The first kappa shape index (κ1) is 24.5. The van der Waals surface area contributed by atoms with Crippen LogP contribution in [0.15, 0.2) is 91.0 Å². The van der Waals surface area contributed by atoms with Gasteiger partial charge in [0.2, 0.25) is 0 Å². The molecule has 6 heteroatoms. The normalized spacial score (nSPS) is 23.1. The number of aliphatic hydroxyl groups excluding tert-OH is 1. The van der Waals surface area contributed by atoms with Gasteiger partial charge >= 0.3 is 0 Å². The minimum Gasteiger partial charge on any atom is -0.385 e. The molecular formula is C28H32O6. The summed E-state index contributed by atoms with van der Waals surface area (Å²) >= 11 is 0. The Morgan fingerprint density at radius 2 is 1.29 bits per heavy atom. The van der Waals surface area contributed by atoms with Gasteiger partial charge in [-0.3, -0.25) is 0 Å². The van der Waals surface area contributed by atoms with Gasteiger partial charge in [0.25, 0.3) is 0 Å². The first-order valence-corrected chi connectivity index (χ1v) is 11.5. The second kappa shape index (κ2) is 12.8. The fourth-order valence-electron chi connectivity index (χ4n) is 4.00. The predicted molar refractivity (Wildman–Crippen MR) is 128 cm³/mol. The molecule has 5 atom stereocenters. The molecule has 6 nitrogen and oxygen atoms in total. The standard InChI is InChI=1S/C28H32O6/c1-30-28-25(29)27(33-19-23-15-9-4-10-16-23)26(34-28)24(32-18-22-13-7-3-8-14-22)20-31-17-21-11-5-2-6-12-21/h2-16,24-29H,17-20H2,1H3/t24-,25+,26+,27+,28+/m0/s1. The molecule has 3 aromatic carbocycles. The summed E-state index contributed by atoms with van der Waals surface area (Å²) in [6.07, 6.45) is -3.42. The molecule has 1 heterocycles. The number of aliphatic hydroxyl groups is 1. The van der Waals surface area contributed by atoms with Crippen LogP contribution in [0.3, 0.4) is 0 Å². The zero-order valence-electron chi connectivity index (χ0n) is 19.4. The van der Waals surface area contributed by atoms with E-state index in [1.54, 1.807) is 0 Å². The van der Waals surface area contributed by atoms with Gasteiger partial charge in [-0.1, -0.05) is 91.0 Å². The van der Waals surface area contributed by atoms with Gasteiger partial charge in [-0.15, -0.1) is 0 Å². The lowest BCUT2D eigenvalue weighted by molar-refractivity contribution is -0.181. The lowest BCUT2D eigenvalue weighted by atomic mass is 10.1. The maximum Gasteiger partial charge on any atom is 0.186 e. The van der Waals surface area contributed by atoms with Crippen molar-refractivity contribution < 1.29 is 28.8 Å². The molecule has 0 spiro atoms. The Bertz CT molecular complexity index is 952. The zero-order valence-corrected chi connectivity index (χ0v) is 19.4. The highest BCUT2D eigenvalue weighted by Crippen LogP contribution is 2.29. The first-order chi connectivity index (χ1) is 16.7. The Hall–Kier alpha value is -2.58. The van der Waals surface area contributed by atoms with E-state index in [1.165, 1.54) is 7.11 Å². The molecule has 0 amide bonds. The van der Waals surface area contributed by atoms with Crippen LogP contribution in [0.1, 0.15) is 16.7 Å². The summed E-state index contributed by atoms with van der Waals surface area (Å²) in [5.41, 5.74) is 3.12. The van der Waals surface area contributed by atoms with Crippen LogP contribution in [0, 0.1) is 0 Å². The van der Waals surface area contributed by atoms with Crippen molar-refractivity contribution in [1.82, 2.24) is 0 Å². The highest BCUT2D eigenvalue weighted by atomic mass is 16.7. The van der Waals surface area contributed by atoms with Crippen LogP contribution < -0.4 is 0 Å². The lowest BCUT2D eigenvalue weighted by Crippen LogP contribution is -2.44. The lowest BCUT2D eigenvalue weighted by Gasteiger charge is -2.28. The molecule has 0 unspecified atom stereocenters. The van der Waals surface area contributed by atoms with E-state index in [0.29, 0.717) is 19.8 Å². The molecule has 3 aromatic rings. The molecule has 1 N–H and O–H groups in total. The highest BCUT2D eigenvalue weighted by Gasteiger charge is 2.48. The van der Waals surface area contributed by atoms with Gasteiger partial charge in [0.05, 0.1) is 26.4 Å². The summed E-state index contributed by atoms with van der Waals surface area (Å²) in [7, 11) is 1.51. The van der Waals surface area contributed by atoms with Gasteiger partial charge in [0, 0.05) is 7.11 Å². The molecule has 34 heavy (non-hydrogen) atoms. The van der Waals surface area contributed by atoms with Crippen LogP contribution in [0.5, 0.6) is 0 Å². The topological polar surface area (TPSA) is 66.4 Å². The van der Waals surface area contributed by atoms with Crippen LogP contribution in [0.4, 0.5) is 0 Å². The molecule has 1 saturated heterocycles. The Balaban J connectivity index is 1.46. The van der Waals surface area contributed by atoms with Gasteiger partial charge in [0.15, 0.2) is 6.29 Å². The molecule has 0 saturated carbocycles. The number of benzene rings is 3. The summed E-state index contributed by atoms with van der Waals surface area (Å²) in [4.78, 5) is 0. The molecular weight excluding hydrogens is 432 g/mol. The van der Waals surface area contributed by atoms with Crippen molar-refractivity contribution in [3.8, 4) is 0 Å². The largest absolute Gasteiger partial charge is 0.385 e. The monoisotopic (exact) mass is 464 g/mol. The molecule has 0 bridgehead atoms. The summed E-state index contributed by atoms with van der Waals surface area (Å²) in [6, 6.07) is 29.7. The van der Waals surface area contributed by atoms with Crippen molar-refractivity contribution in [1.29, 1.82) is 0 Å². The second-order valence-electron chi connectivity index (χ2n) is 8.29. The Morgan fingerprint density at radius 1 is 0.765 bits per heavy atom. The Labute approximate surface area is 201 Å². The van der Waals surface area contributed by atoms with Gasteiger partial charge in [-0.05, 0) is 16.7 Å². The van der Waals surface area contributed by atoms with Crippen molar-refractivity contribution in [3.63, 3.8) is 0 Å². The van der Waals surface area contributed by atoms with Gasteiger partial charge in [0.1, 0.15) is 24.4 Å². The molecule has 0 aromatic heterocycles. The van der Waals surface area contributed by atoms with Crippen molar-refractivity contribution >= 4 is 0 Å². The smallest absolute Gasteiger partial charge is 0.186 e. The van der Waals surface area contributed by atoms with E-state index in [9.17, 15) is 5.11 Å². The van der Waals surface area contributed by atoms with E-state index < -0.39 is 30.7 Å². The highest BCUT2D eigenvalue weighted by molar-refractivity contribution is 5.15. The van der Waals surface area contributed by atoms with Gasteiger partial charge in [-0.2, -0.15) is 0 Å². The average molecular weight is 465 g/mol. The van der Waals surface area contributed by atoms with Crippen molar-refractivity contribution in [3.05, 3.63) is 108 Å². The minimum absolute atomic E-state index is 0.279. The number of hydrogen-bond acceptors (Lipinski definition) is 6. The van der Waals surface area contributed by atoms with Crippen LogP contribution in [0.2, 0.25) is 0 Å². The third kappa shape index (κ3) is 6.73. The van der Waals surface area contributed by atoms with Crippen LogP contribution in [-0.4, -0.2) is 49.5 Å². The Kier molecular flexibility index (Phi) is 9.21. The maximum atomic E-state index is 10.9. The summed E-state index contributed by atoms with van der Waals surface area (Å²) in [5, 5.41) is 10.9.